The Bertz CT molecular complexity index is 674. The van der Waals surface area contributed by atoms with Crippen molar-refractivity contribution in [1.82, 2.24) is 14.7 Å². The molecule has 0 aliphatic carbocycles. The van der Waals surface area contributed by atoms with Gasteiger partial charge in [0.05, 0.1) is 6.67 Å². The van der Waals surface area contributed by atoms with Crippen molar-refractivity contribution in [3.05, 3.63) is 34.0 Å². The van der Waals surface area contributed by atoms with Crippen LogP contribution < -0.4 is 4.90 Å². The van der Waals surface area contributed by atoms with Gasteiger partial charge in [-0.05, 0) is 42.7 Å². The minimum Gasteiger partial charge on any atom is -0.369 e. The largest absolute Gasteiger partial charge is 0.369 e. The number of hydrogen-bond acceptors (Lipinski definition) is 6. The third-order valence-corrected chi connectivity index (χ3v) is 5.94. The summed E-state index contributed by atoms with van der Waals surface area (Å²) in [6.07, 6.45) is 2.01. The van der Waals surface area contributed by atoms with Gasteiger partial charge in [-0.1, -0.05) is 23.1 Å². The first-order chi connectivity index (χ1) is 10.7. The maximum atomic E-state index is 13.0. The molecular weight excluding hydrogens is 339 g/mol. The number of thioether (sulfide) groups is 1. The minimum atomic E-state index is -0.190. The fourth-order valence-corrected chi connectivity index (χ4v) is 4.18. The van der Waals surface area contributed by atoms with E-state index in [0.29, 0.717) is 0 Å². The first-order valence-electron chi connectivity index (χ1n) is 7.00. The van der Waals surface area contributed by atoms with Crippen LogP contribution in [0.1, 0.15) is 0 Å². The van der Waals surface area contributed by atoms with Crippen LogP contribution in [0.2, 0.25) is 0 Å². The van der Waals surface area contributed by atoms with Crippen LogP contribution in [0.4, 0.5) is 10.1 Å². The summed E-state index contributed by atoms with van der Waals surface area (Å²) in [5.41, 5.74) is 1.08. The lowest BCUT2D eigenvalue weighted by Crippen LogP contribution is -2.46. The normalized spacial score (nSPS) is 16.2. The van der Waals surface area contributed by atoms with Gasteiger partial charge in [0.15, 0.2) is 8.29 Å². The number of anilines is 1. The number of halogens is 1. The molecule has 1 fully saturated rings. The lowest BCUT2D eigenvalue weighted by molar-refractivity contribution is 0.194. The molecule has 1 aliphatic rings. The Hall–Kier alpha value is -0.960. The first kappa shape index (κ1) is 15.9. The van der Waals surface area contributed by atoms with Gasteiger partial charge >= 0.3 is 0 Å². The monoisotopic (exact) mass is 356 g/mol. The SMILES string of the molecule is CSc1nn(CN2CCN(c3ccc(F)cc3)CC2)c(=S)s1. The van der Waals surface area contributed by atoms with Crippen molar-refractivity contribution in [2.45, 2.75) is 11.0 Å². The van der Waals surface area contributed by atoms with Crippen molar-refractivity contribution in [3.63, 3.8) is 0 Å². The summed E-state index contributed by atoms with van der Waals surface area (Å²) in [4.78, 5) is 4.63. The van der Waals surface area contributed by atoms with E-state index in [-0.39, 0.29) is 5.82 Å². The van der Waals surface area contributed by atoms with Crippen molar-refractivity contribution in [2.24, 2.45) is 0 Å². The van der Waals surface area contributed by atoms with Gasteiger partial charge in [-0.25, -0.2) is 9.07 Å². The van der Waals surface area contributed by atoms with Gasteiger partial charge in [0.25, 0.3) is 0 Å². The van der Waals surface area contributed by atoms with Gasteiger partial charge < -0.3 is 4.90 Å². The highest BCUT2D eigenvalue weighted by atomic mass is 32.2. The lowest BCUT2D eigenvalue weighted by atomic mass is 10.2. The van der Waals surface area contributed by atoms with E-state index >= 15 is 0 Å². The minimum absolute atomic E-state index is 0.190. The second-order valence-electron chi connectivity index (χ2n) is 5.06. The van der Waals surface area contributed by atoms with Crippen LogP contribution in [0, 0.1) is 9.77 Å². The number of nitrogens with zero attached hydrogens (tertiary/aromatic N) is 4. The third kappa shape index (κ3) is 3.68. The van der Waals surface area contributed by atoms with E-state index in [1.165, 1.54) is 12.1 Å². The summed E-state index contributed by atoms with van der Waals surface area (Å²) >= 11 is 8.54. The molecule has 1 aromatic heterocycles. The fourth-order valence-electron chi connectivity index (χ4n) is 2.45. The molecule has 0 amide bonds. The van der Waals surface area contributed by atoms with E-state index in [1.54, 1.807) is 23.1 Å². The van der Waals surface area contributed by atoms with E-state index < -0.39 is 0 Å². The molecule has 8 heteroatoms. The molecule has 1 aliphatic heterocycles. The molecule has 2 aromatic rings. The molecule has 1 saturated heterocycles. The average molecular weight is 357 g/mol. The molecule has 0 unspecified atom stereocenters. The van der Waals surface area contributed by atoms with Crippen molar-refractivity contribution in [2.75, 3.05) is 37.3 Å². The van der Waals surface area contributed by atoms with Crippen LogP contribution in [0.5, 0.6) is 0 Å². The number of rotatable bonds is 4. The number of piperazine rings is 1. The Kier molecular flexibility index (Phi) is 5.12. The van der Waals surface area contributed by atoms with Crippen LogP contribution in [0.15, 0.2) is 28.6 Å². The maximum Gasteiger partial charge on any atom is 0.181 e. The van der Waals surface area contributed by atoms with Gasteiger partial charge in [-0.2, -0.15) is 5.10 Å². The van der Waals surface area contributed by atoms with Crippen molar-refractivity contribution in [1.29, 1.82) is 0 Å². The second-order valence-corrected chi connectivity index (χ2v) is 7.74. The first-order valence-corrected chi connectivity index (χ1v) is 9.45. The quantitative estimate of drug-likeness (QED) is 0.618. The topological polar surface area (TPSA) is 24.3 Å². The predicted octanol–water partition coefficient (Wildman–Crippen LogP) is 3.31. The molecule has 1 aromatic carbocycles. The molecule has 0 spiro atoms. The Morgan fingerprint density at radius 2 is 1.91 bits per heavy atom. The average Bonchev–Trinajstić information content (AvgIpc) is 2.89. The van der Waals surface area contributed by atoms with Gasteiger partial charge in [0, 0.05) is 31.9 Å². The summed E-state index contributed by atoms with van der Waals surface area (Å²) in [5, 5.41) is 4.51. The zero-order valence-electron chi connectivity index (χ0n) is 12.2. The van der Waals surface area contributed by atoms with Crippen LogP contribution in [-0.2, 0) is 6.67 Å². The second kappa shape index (κ2) is 7.08. The van der Waals surface area contributed by atoms with Crippen molar-refractivity contribution in [3.8, 4) is 0 Å². The van der Waals surface area contributed by atoms with Crippen LogP contribution in [0.3, 0.4) is 0 Å². The standard InChI is InChI=1S/C14H17FN4S3/c1-21-13-16-19(14(20)22-13)10-17-6-8-18(9-7-17)12-4-2-11(15)3-5-12/h2-5H,6-10H2,1H3. The molecule has 2 heterocycles. The summed E-state index contributed by atoms with van der Waals surface area (Å²) in [6.45, 7) is 4.50. The maximum absolute atomic E-state index is 13.0. The number of aromatic nitrogens is 2. The van der Waals surface area contributed by atoms with Gasteiger partial charge in [0.2, 0.25) is 0 Å². The molecule has 4 nitrogen and oxygen atoms in total. The summed E-state index contributed by atoms with van der Waals surface area (Å²) in [7, 11) is 0. The molecule has 0 atom stereocenters. The van der Waals surface area contributed by atoms with Gasteiger partial charge in [-0.15, -0.1) is 0 Å². The van der Waals surface area contributed by atoms with E-state index in [4.69, 9.17) is 12.2 Å². The van der Waals surface area contributed by atoms with Crippen LogP contribution >= 0.6 is 35.3 Å². The molecule has 0 radical (unpaired) electrons. The smallest absolute Gasteiger partial charge is 0.181 e. The van der Waals surface area contributed by atoms with Crippen molar-refractivity contribution >= 4 is 41.0 Å². The summed E-state index contributed by atoms with van der Waals surface area (Å²) < 4.78 is 16.7. The lowest BCUT2D eigenvalue weighted by Gasteiger charge is -2.35. The molecule has 0 N–H and O–H groups in total. The number of benzene rings is 1. The third-order valence-electron chi connectivity index (χ3n) is 3.66. The Balaban J connectivity index is 1.58. The molecule has 3 rings (SSSR count). The fraction of sp³-hybridized carbons (Fsp3) is 0.429. The molecule has 22 heavy (non-hydrogen) atoms. The molecule has 0 saturated carbocycles. The molecular formula is C14H17FN4S3. The van der Waals surface area contributed by atoms with E-state index in [0.717, 1.165) is 46.8 Å². The Labute approximate surface area is 142 Å². The molecule has 0 bridgehead atoms. The highest BCUT2D eigenvalue weighted by Gasteiger charge is 2.18. The molecule has 118 valence electrons. The highest BCUT2D eigenvalue weighted by molar-refractivity contribution is 8.00. The number of hydrogen-bond donors (Lipinski definition) is 0. The highest BCUT2D eigenvalue weighted by Crippen LogP contribution is 2.20. The van der Waals surface area contributed by atoms with E-state index in [9.17, 15) is 4.39 Å². The summed E-state index contributed by atoms with van der Waals surface area (Å²) in [6, 6.07) is 6.71. The van der Waals surface area contributed by atoms with E-state index in [1.807, 2.05) is 23.1 Å². The van der Waals surface area contributed by atoms with Gasteiger partial charge in [-0.3, -0.25) is 4.90 Å². The van der Waals surface area contributed by atoms with Gasteiger partial charge in [0.1, 0.15) is 5.82 Å². The predicted molar refractivity (Wildman–Crippen MR) is 92.9 cm³/mol. The van der Waals surface area contributed by atoms with Crippen molar-refractivity contribution < 1.29 is 4.39 Å². The Morgan fingerprint density at radius 1 is 1.23 bits per heavy atom. The Morgan fingerprint density at radius 3 is 2.50 bits per heavy atom. The van der Waals surface area contributed by atoms with Crippen LogP contribution in [0.25, 0.3) is 0 Å². The van der Waals surface area contributed by atoms with Crippen LogP contribution in [-0.4, -0.2) is 47.1 Å². The summed E-state index contributed by atoms with van der Waals surface area (Å²) in [5.74, 6) is -0.190. The zero-order valence-corrected chi connectivity index (χ0v) is 14.7. The van der Waals surface area contributed by atoms with E-state index in [2.05, 4.69) is 14.9 Å². The zero-order chi connectivity index (χ0) is 15.5.